The highest BCUT2D eigenvalue weighted by molar-refractivity contribution is 5.94. The molecular formula is C16H20N2O3. The van der Waals surface area contributed by atoms with E-state index in [2.05, 4.69) is 18.8 Å². The van der Waals surface area contributed by atoms with Gasteiger partial charge in [-0.05, 0) is 36.0 Å². The minimum Gasteiger partial charge on any atom is -0.478 e. The van der Waals surface area contributed by atoms with Crippen molar-refractivity contribution >= 4 is 18.0 Å². The number of likely N-dealkylation sites (tertiary alicyclic amines) is 1. The van der Waals surface area contributed by atoms with Crippen LogP contribution in [-0.2, 0) is 4.79 Å². The number of aromatic nitrogens is 1. The lowest BCUT2D eigenvalue weighted by Crippen LogP contribution is -2.41. The van der Waals surface area contributed by atoms with Gasteiger partial charge >= 0.3 is 5.97 Å². The third-order valence-corrected chi connectivity index (χ3v) is 3.83. The topological polar surface area (TPSA) is 70.5 Å². The number of carboxylic acid groups (broad SMARTS) is 1. The predicted molar refractivity (Wildman–Crippen MR) is 79.8 cm³/mol. The summed E-state index contributed by atoms with van der Waals surface area (Å²) in [4.78, 5) is 28.8. The summed E-state index contributed by atoms with van der Waals surface area (Å²) in [7, 11) is 0. The van der Waals surface area contributed by atoms with Crippen LogP contribution in [0.15, 0.2) is 24.5 Å². The van der Waals surface area contributed by atoms with Crippen LogP contribution < -0.4 is 0 Å². The van der Waals surface area contributed by atoms with E-state index in [1.54, 1.807) is 6.07 Å². The highest BCUT2D eigenvalue weighted by atomic mass is 16.4. The smallest absolute Gasteiger partial charge is 0.328 e. The van der Waals surface area contributed by atoms with Gasteiger partial charge in [-0.1, -0.05) is 13.8 Å². The van der Waals surface area contributed by atoms with Gasteiger partial charge in [0.05, 0.1) is 5.56 Å². The number of carbonyl (C=O) groups excluding carboxylic acids is 1. The van der Waals surface area contributed by atoms with E-state index in [-0.39, 0.29) is 5.91 Å². The van der Waals surface area contributed by atoms with Crippen molar-refractivity contribution in [3.63, 3.8) is 0 Å². The maximum Gasteiger partial charge on any atom is 0.328 e. The molecule has 0 radical (unpaired) electrons. The predicted octanol–water partition coefficient (Wildman–Crippen LogP) is 2.44. The Morgan fingerprint density at radius 1 is 1.29 bits per heavy atom. The second kappa shape index (κ2) is 6.08. The third kappa shape index (κ3) is 4.15. The number of hydrogen-bond acceptors (Lipinski definition) is 3. The molecule has 21 heavy (non-hydrogen) atoms. The highest BCUT2D eigenvalue weighted by Crippen LogP contribution is 2.30. The molecule has 2 heterocycles. The molecule has 2 rings (SSSR count). The normalized spacial score (nSPS) is 17.9. The van der Waals surface area contributed by atoms with Gasteiger partial charge in [0.15, 0.2) is 0 Å². The van der Waals surface area contributed by atoms with Crippen LogP contribution in [0.3, 0.4) is 0 Å². The fraction of sp³-hybridized carbons (Fsp3) is 0.438. The summed E-state index contributed by atoms with van der Waals surface area (Å²) in [5.74, 6) is -1.06. The average molecular weight is 288 g/mol. The molecule has 1 amide bonds. The second-order valence-electron chi connectivity index (χ2n) is 6.13. The number of amides is 1. The first-order chi connectivity index (χ1) is 9.87. The Morgan fingerprint density at radius 3 is 2.57 bits per heavy atom. The maximum atomic E-state index is 12.4. The van der Waals surface area contributed by atoms with Gasteiger partial charge in [0.25, 0.3) is 5.91 Å². The number of hydrogen-bond donors (Lipinski definition) is 1. The number of piperidine rings is 1. The molecule has 0 spiro atoms. The molecule has 1 saturated heterocycles. The molecule has 1 N–H and O–H groups in total. The van der Waals surface area contributed by atoms with Crippen molar-refractivity contribution in [3.8, 4) is 0 Å². The molecule has 0 saturated carbocycles. The average Bonchev–Trinajstić information content (AvgIpc) is 2.45. The summed E-state index contributed by atoms with van der Waals surface area (Å²) < 4.78 is 0. The Morgan fingerprint density at radius 2 is 1.95 bits per heavy atom. The van der Waals surface area contributed by atoms with Gasteiger partial charge in [-0.3, -0.25) is 9.78 Å². The van der Waals surface area contributed by atoms with Crippen LogP contribution in [0.25, 0.3) is 6.08 Å². The first-order valence-corrected chi connectivity index (χ1v) is 7.03. The zero-order valence-corrected chi connectivity index (χ0v) is 12.4. The van der Waals surface area contributed by atoms with Crippen LogP contribution >= 0.6 is 0 Å². The molecule has 1 aliphatic heterocycles. The molecule has 5 nitrogen and oxygen atoms in total. The summed E-state index contributed by atoms with van der Waals surface area (Å²) in [5, 5.41) is 8.62. The Balaban J connectivity index is 2.09. The van der Waals surface area contributed by atoms with Gasteiger partial charge < -0.3 is 10.0 Å². The van der Waals surface area contributed by atoms with Crippen LogP contribution in [0.5, 0.6) is 0 Å². The van der Waals surface area contributed by atoms with Crippen LogP contribution in [0.2, 0.25) is 0 Å². The zero-order chi connectivity index (χ0) is 15.5. The fourth-order valence-corrected chi connectivity index (χ4v) is 2.33. The van der Waals surface area contributed by atoms with E-state index in [9.17, 15) is 9.59 Å². The standard InChI is InChI=1S/C16H20N2O3/c1-16(2)5-7-18(8-6-16)15(21)13-9-12(10-17-11-13)3-4-14(19)20/h3-4,9-11H,5-8H2,1-2H3,(H,19,20). The Labute approximate surface area is 124 Å². The SMILES string of the molecule is CC1(C)CCN(C(=O)c2cncc(C=CC(=O)O)c2)CC1. The molecule has 1 aromatic heterocycles. The van der Waals surface area contributed by atoms with Gasteiger partial charge in [-0.25, -0.2) is 4.79 Å². The van der Waals surface area contributed by atoms with Crippen molar-refractivity contribution < 1.29 is 14.7 Å². The van der Waals surface area contributed by atoms with Crippen LogP contribution in [0, 0.1) is 5.41 Å². The van der Waals surface area contributed by atoms with E-state index >= 15 is 0 Å². The number of aliphatic carboxylic acids is 1. The second-order valence-corrected chi connectivity index (χ2v) is 6.13. The van der Waals surface area contributed by atoms with Gasteiger partial charge in [0, 0.05) is 31.6 Å². The van der Waals surface area contributed by atoms with Gasteiger partial charge in [0.1, 0.15) is 0 Å². The Kier molecular flexibility index (Phi) is 4.40. The molecule has 0 atom stereocenters. The maximum absolute atomic E-state index is 12.4. The minimum atomic E-state index is -1.02. The fourth-order valence-electron chi connectivity index (χ4n) is 2.33. The van der Waals surface area contributed by atoms with Crippen LogP contribution in [-0.4, -0.2) is 40.0 Å². The summed E-state index contributed by atoms with van der Waals surface area (Å²) in [6, 6.07) is 1.68. The number of rotatable bonds is 3. The summed E-state index contributed by atoms with van der Waals surface area (Å²) in [6.45, 7) is 5.93. The van der Waals surface area contributed by atoms with Crippen LogP contribution in [0.1, 0.15) is 42.6 Å². The molecule has 0 aromatic carbocycles. The lowest BCUT2D eigenvalue weighted by atomic mass is 9.82. The molecule has 0 aliphatic carbocycles. The molecule has 0 bridgehead atoms. The first-order valence-electron chi connectivity index (χ1n) is 7.03. The quantitative estimate of drug-likeness (QED) is 0.867. The van der Waals surface area contributed by atoms with Gasteiger partial charge in [0.2, 0.25) is 0 Å². The van der Waals surface area contributed by atoms with E-state index in [0.29, 0.717) is 16.5 Å². The van der Waals surface area contributed by atoms with Crippen molar-refractivity contribution in [3.05, 3.63) is 35.7 Å². The Hall–Kier alpha value is -2.17. The molecule has 112 valence electrons. The van der Waals surface area contributed by atoms with Crippen molar-refractivity contribution in [1.82, 2.24) is 9.88 Å². The largest absolute Gasteiger partial charge is 0.478 e. The summed E-state index contributed by atoms with van der Waals surface area (Å²) in [5.41, 5.74) is 1.41. The van der Waals surface area contributed by atoms with E-state index in [1.807, 2.05) is 4.90 Å². The van der Waals surface area contributed by atoms with E-state index in [1.165, 1.54) is 18.5 Å². The van der Waals surface area contributed by atoms with Gasteiger partial charge in [-0.15, -0.1) is 0 Å². The Bertz CT molecular complexity index is 569. The molecule has 1 aromatic rings. The first kappa shape index (κ1) is 15.2. The zero-order valence-electron chi connectivity index (χ0n) is 12.4. The lowest BCUT2D eigenvalue weighted by Gasteiger charge is -2.36. The molecule has 1 fully saturated rings. The molecule has 5 heteroatoms. The number of carbonyl (C=O) groups is 2. The van der Waals surface area contributed by atoms with Crippen molar-refractivity contribution in [2.45, 2.75) is 26.7 Å². The monoisotopic (exact) mass is 288 g/mol. The lowest BCUT2D eigenvalue weighted by molar-refractivity contribution is -0.131. The number of pyridine rings is 1. The number of nitrogens with zero attached hydrogens (tertiary/aromatic N) is 2. The highest BCUT2D eigenvalue weighted by Gasteiger charge is 2.28. The van der Waals surface area contributed by atoms with Crippen molar-refractivity contribution in [2.75, 3.05) is 13.1 Å². The number of carboxylic acids is 1. The molecular weight excluding hydrogens is 268 g/mol. The van der Waals surface area contributed by atoms with Crippen LogP contribution in [0.4, 0.5) is 0 Å². The van der Waals surface area contributed by atoms with E-state index < -0.39 is 5.97 Å². The molecule has 1 aliphatic rings. The third-order valence-electron chi connectivity index (χ3n) is 3.83. The summed E-state index contributed by atoms with van der Waals surface area (Å²) >= 11 is 0. The van der Waals surface area contributed by atoms with Crippen molar-refractivity contribution in [2.24, 2.45) is 5.41 Å². The van der Waals surface area contributed by atoms with Gasteiger partial charge in [-0.2, -0.15) is 0 Å². The summed E-state index contributed by atoms with van der Waals surface area (Å²) in [6.07, 6.45) is 7.52. The van der Waals surface area contributed by atoms with Crippen molar-refractivity contribution in [1.29, 1.82) is 0 Å². The minimum absolute atomic E-state index is 0.0384. The van der Waals surface area contributed by atoms with E-state index in [0.717, 1.165) is 32.0 Å². The van der Waals surface area contributed by atoms with E-state index in [4.69, 9.17) is 5.11 Å². The molecule has 0 unspecified atom stereocenters.